The van der Waals surface area contributed by atoms with Crippen molar-refractivity contribution in [2.24, 2.45) is 0 Å². The molecule has 9 nitrogen and oxygen atoms in total. The van der Waals surface area contributed by atoms with Gasteiger partial charge in [0.1, 0.15) is 23.5 Å². The molecule has 33 heavy (non-hydrogen) atoms. The summed E-state index contributed by atoms with van der Waals surface area (Å²) < 4.78 is 55.2. The second kappa shape index (κ2) is 8.62. The lowest BCUT2D eigenvalue weighted by molar-refractivity contribution is 0.103. The average molecular weight is 472 g/mol. The Kier molecular flexibility index (Phi) is 5.85. The molecule has 0 aliphatic rings. The molecule has 0 amide bonds. The first kappa shape index (κ1) is 22.4. The number of aromatic nitrogens is 5. The molecule has 3 heterocycles. The molecular weight excluding hydrogens is 454 g/mol. The third-order valence-electron chi connectivity index (χ3n) is 4.92. The number of pyridine rings is 1. The van der Waals surface area contributed by atoms with E-state index in [4.69, 9.17) is 0 Å². The highest BCUT2D eigenvalue weighted by molar-refractivity contribution is 7.92. The van der Waals surface area contributed by atoms with Crippen LogP contribution in [-0.2, 0) is 10.0 Å². The maximum atomic E-state index is 15.1. The average Bonchev–Trinajstić information content (AvgIpc) is 3.20. The van der Waals surface area contributed by atoms with Gasteiger partial charge >= 0.3 is 0 Å². The maximum Gasteiger partial charge on any atom is 0.232 e. The predicted octanol–water partition coefficient (Wildman–Crippen LogP) is 3.38. The van der Waals surface area contributed by atoms with E-state index in [1.165, 1.54) is 6.33 Å². The predicted molar refractivity (Wildman–Crippen MR) is 117 cm³/mol. The third kappa shape index (κ3) is 4.29. The first-order valence-corrected chi connectivity index (χ1v) is 11.5. The van der Waals surface area contributed by atoms with E-state index < -0.39 is 38.7 Å². The molecule has 12 heteroatoms. The zero-order valence-electron chi connectivity index (χ0n) is 17.6. The number of rotatable bonds is 7. The first-order valence-electron chi connectivity index (χ1n) is 9.86. The quantitative estimate of drug-likeness (QED) is 0.394. The molecular formula is C21H18F2N6O3S. The van der Waals surface area contributed by atoms with E-state index in [9.17, 15) is 17.6 Å². The number of sulfonamides is 1. The Morgan fingerprint density at radius 3 is 2.70 bits per heavy atom. The Hall–Kier alpha value is -3.80. The van der Waals surface area contributed by atoms with E-state index in [0.29, 0.717) is 22.2 Å². The zero-order chi connectivity index (χ0) is 23.8. The van der Waals surface area contributed by atoms with Crippen LogP contribution in [-0.4, -0.2) is 45.1 Å². The van der Waals surface area contributed by atoms with E-state index in [0.717, 1.165) is 12.1 Å². The molecule has 2 N–H and O–H groups in total. The van der Waals surface area contributed by atoms with Crippen LogP contribution in [0.25, 0.3) is 22.2 Å². The molecule has 0 spiro atoms. The lowest BCUT2D eigenvalue weighted by Crippen LogP contribution is -2.19. The minimum absolute atomic E-state index is 0.151. The molecule has 0 atom stereocenters. The highest BCUT2D eigenvalue weighted by Crippen LogP contribution is 2.29. The monoisotopic (exact) mass is 472 g/mol. The fourth-order valence-electron chi connectivity index (χ4n) is 3.32. The van der Waals surface area contributed by atoms with Gasteiger partial charge in [0, 0.05) is 29.2 Å². The summed E-state index contributed by atoms with van der Waals surface area (Å²) in [5.41, 5.74) is 0.671. The Labute approximate surface area is 187 Å². The highest BCUT2D eigenvalue weighted by Gasteiger charge is 2.26. The van der Waals surface area contributed by atoms with Crippen molar-refractivity contribution < 1.29 is 22.0 Å². The molecule has 0 unspecified atom stereocenters. The van der Waals surface area contributed by atoms with Gasteiger partial charge in [-0.1, -0.05) is 6.92 Å². The number of hydrogen-bond acceptors (Lipinski definition) is 7. The van der Waals surface area contributed by atoms with E-state index in [1.54, 1.807) is 32.3 Å². The van der Waals surface area contributed by atoms with Gasteiger partial charge in [-0.15, -0.1) is 0 Å². The number of halogens is 2. The highest BCUT2D eigenvalue weighted by atomic mass is 32.2. The Morgan fingerprint density at radius 2 is 1.97 bits per heavy atom. The summed E-state index contributed by atoms with van der Waals surface area (Å²) in [5.74, 6) is -3.66. The summed E-state index contributed by atoms with van der Waals surface area (Å²) in [6.45, 7) is 3.40. The maximum absolute atomic E-state index is 15.1. The lowest BCUT2D eigenvalue weighted by atomic mass is 10.0. The molecule has 0 aliphatic carbocycles. The van der Waals surface area contributed by atoms with Crippen molar-refractivity contribution in [1.29, 1.82) is 0 Å². The van der Waals surface area contributed by atoms with Crippen LogP contribution in [0.1, 0.15) is 35.1 Å². The number of carbonyl (C=O) groups is 1. The normalized spacial score (nSPS) is 11.6. The number of anilines is 1. The van der Waals surface area contributed by atoms with Gasteiger partial charge in [-0.05, 0) is 31.5 Å². The largest absolute Gasteiger partial charge is 0.287 e. The van der Waals surface area contributed by atoms with Crippen molar-refractivity contribution in [1.82, 2.24) is 25.1 Å². The van der Waals surface area contributed by atoms with Gasteiger partial charge < -0.3 is 0 Å². The van der Waals surface area contributed by atoms with Gasteiger partial charge in [0.05, 0.1) is 16.7 Å². The van der Waals surface area contributed by atoms with Crippen molar-refractivity contribution in [2.75, 3.05) is 10.5 Å². The van der Waals surface area contributed by atoms with E-state index in [-0.39, 0.29) is 23.5 Å². The van der Waals surface area contributed by atoms with Gasteiger partial charge in [-0.2, -0.15) is 5.10 Å². The number of hydrogen-bond donors (Lipinski definition) is 2. The molecule has 0 fully saturated rings. The number of H-pyrrole nitrogens is 1. The van der Waals surface area contributed by atoms with Crippen LogP contribution >= 0.6 is 0 Å². The van der Waals surface area contributed by atoms with Crippen molar-refractivity contribution in [3.05, 3.63) is 65.5 Å². The summed E-state index contributed by atoms with van der Waals surface area (Å²) in [6.07, 6.45) is 4.81. The van der Waals surface area contributed by atoms with Gasteiger partial charge in [0.2, 0.25) is 15.8 Å². The summed E-state index contributed by atoms with van der Waals surface area (Å²) in [7, 11) is -3.99. The number of fused-ring (bicyclic) bond motifs is 1. The van der Waals surface area contributed by atoms with Crippen LogP contribution in [0.2, 0.25) is 0 Å². The van der Waals surface area contributed by atoms with Crippen LogP contribution in [0.4, 0.5) is 14.5 Å². The molecule has 4 aromatic rings. The summed E-state index contributed by atoms with van der Waals surface area (Å²) >= 11 is 0. The van der Waals surface area contributed by atoms with E-state index in [1.807, 2.05) is 4.72 Å². The summed E-state index contributed by atoms with van der Waals surface area (Å²) in [5, 5.41) is 6.87. The molecule has 170 valence electrons. The van der Waals surface area contributed by atoms with E-state index >= 15 is 4.39 Å². The number of benzene rings is 1. The summed E-state index contributed by atoms with van der Waals surface area (Å²) in [6, 6.07) is 3.40. The molecule has 3 aromatic heterocycles. The first-order chi connectivity index (χ1) is 15.7. The van der Waals surface area contributed by atoms with Gasteiger partial charge in [-0.3, -0.25) is 14.6 Å². The second-order valence-corrected chi connectivity index (χ2v) is 9.09. The molecule has 0 saturated carbocycles. The fraction of sp³-hybridized carbons (Fsp3) is 0.190. The number of aryl methyl sites for hydroxylation is 1. The number of nitrogens with one attached hydrogen (secondary N) is 2. The van der Waals surface area contributed by atoms with Crippen molar-refractivity contribution >= 4 is 32.5 Å². The van der Waals surface area contributed by atoms with Gasteiger partial charge in [0.15, 0.2) is 11.5 Å². The molecule has 0 radical (unpaired) electrons. The molecule has 0 aliphatic heterocycles. The van der Waals surface area contributed by atoms with Gasteiger partial charge in [0.25, 0.3) is 0 Å². The summed E-state index contributed by atoms with van der Waals surface area (Å²) in [4.78, 5) is 25.5. The number of carbonyl (C=O) groups excluding carboxylic acids is 1. The zero-order valence-corrected chi connectivity index (χ0v) is 18.4. The van der Waals surface area contributed by atoms with Crippen molar-refractivity contribution in [2.45, 2.75) is 20.3 Å². The Balaban J connectivity index is 1.79. The topological polar surface area (TPSA) is 131 Å². The van der Waals surface area contributed by atoms with Gasteiger partial charge in [-0.25, -0.2) is 32.2 Å². The third-order valence-corrected chi connectivity index (χ3v) is 6.38. The number of nitrogens with zero attached hydrogens (tertiary/aromatic N) is 4. The van der Waals surface area contributed by atoms with Crippen molar-refractivity contribution in [3.8, 4) is 11.1 Å². The number of ketones is 1. The van der Waals surface area contributed by atoms with Crippen LogP contribution < -0.4 is 4.72 Å². The Bertz CT molecular complexity index is 1490. The molecule has 1 aromatic carbocycles. The standard InChI is InChI=1S/C21H18F2N6O3S/c1-3-6-33(31,32)29-19-16(22)5-4-13(17(19)23)20(30)18-14-7-12(8-25-21(14)28-27-18)15-9-24-10-26-11(15)2/h4-5,7-10,29H,3,6H2,1-2H3,(H,25,27,28). The SMILES string of the molecule is CCCS(=O)(=O)Nc1c(F)ccc(C(=O)c2n[nH]c3ncc(-c4cncnc4C)cc23)c1F. The number of aromatic amines is 1. The van der Waals surface area contributed by atoms with E-state index in [2.05, 4.69) is 25.1 Å². The smallest absolute Gasteiger partial charge is 0.232 e. The lowest BCUT2D eigenvalue weighted by Gasteiger charge is -2.11. The minimum atomic E-state index is -3.99. The molecule has 0 bridgehead atoms. The second-order valence-electron chi connectivity index (χ2n) is 7.25. The van der Waals surface area contributed by atoms with Crippen molar-refractivity contribution in [3.63, 3.8) is 0 Å². The van der Waals surface area contributed by atoms with Crippen LogP contribution in [0.15, 0.2) is 36.9 Å². The Morgan fingerprint density at radius 1 is 1.18 bits per heavy atom. The molecule has 4 rings (SSSR count). The van der Waals surface area contributed by atoms with Crippen LogP contribution in [0.5, 0.6) is 0 Å². The van der Waals surface area contributed by atoms with Crippen LogP contribution in [0, 0.1) is 18.6 Å². The molecule has 0 saturated heterocycles. The fourth-order valence-corrected chi connectivity index (χ4v) is 4.46. The van der Waals surface area contributed by atoms with Crippen LogP contribution in [0.3, 0.4) is 0 Å². The minimum Gasteiger partial charge on any atom is -0.287 e.